The van der Waals surface area contributed by atoms with Gasteiger partial charge >= 0.3 is 0 Å². The van der Waals surface area contributed by atoms with Crippen molar-refractivity contribution in [1.82, 2.24) is 0 Å². The average molecular weight is 412 g/mol. The Morgan fingerprint density at radius 2 is 1.66 bits per heavy atom. The van der Waals surface area contributed by atoms with Crippen molar-refractivity contribution < 1.29 is 18.1 Å². The Bertz CT molecular complexity index is 1110. The van der Waals surface area contributed by atoms with Crippen LogP contribution >= 0.6 is 0 Å². The van der Waals surface area contributed by atoms with E-state index in [1.165, 1.54) is 29.6 Å². The van der Waals surface area contributed by atoms with Gasteiger partial charge in [0.2, 0.25) is 0 Å². The molecular weight excluding hydrogens is 392 g/mol. The van der Waals surface area contributed by atoms with Gasteiger partial charge in [-0.15, -0.1) is 0 Å². The van der Waals surface area contributed by atoms with Gasteiger partial charge < -0.3 is 4.74 Å². The summed E-state index contributed by atoms with van der Waals surface area (Å²) < 4.78 is 33.2. The summed E-state index contributed by atoms with van der Waals surface area (Å²) in [5, 5.41) is 11.1. The van der Waals surface area contributed by atoms with E-state index in [1.54, 1.807) is 24.3 Å². The van der Waals surface area contributed by atoms with Crippen molar-refractivity contribution in [2.45, 2.75) is 18.4 Å². The van der Waals surface area contributed by atoms with E-state index in [0.717, 1.165) is 17.2 Å². The van der Waals surface area contributed by atoms with Crippen LogP contribution in [-0.2, 0) is 16.6 Å². The van der Waals surface area contributed by atoms with Gasteiger partial charge in [-0.1, -0.05) is 35.9 Å². The Hall–Kier alpha value is -3.39. The van der Waals surface area contributed by atoms with Crippen LogP contribution in [0.25, 0.3) is 0 Å². The predicted molar refractivity (Wildman–Crippen MR) is 111 cm³/mol. The molecule has 3 aromatic rings. The summed E-state index contributed by atoms with van der Waals surface area (Å²) in [6.07, 6.45) is 0. The van der Waals surface area contributed by atoms with Crippen molar-refractivity contribution in [1.29, 1.82) is 0 Å². The van der Waals surface area contributed by atoms with Crippen molar-refractivity contribution in [3.8, 4) is 5.75 Å². The standard InChI is InChI=1S/C21H20N2O5S/c1-16-6-8-17(9-7-16)15-22(18-10-12-20(28-2)13-11-18)29(26,27)21-5-3-4-19(14-21)23(24)25/h3-14H,15H2,1-2H3. The number of nitrogens with zero attached hydrogens (tertiary/aromatic N) is 2. The van der Waals surface area contributed by atoms with Crippen molar-refractivity contribution in [2.75, 3.05) is 11.4 Å². The molecule has 0 bridgehead atoms. The highest BCUT2D eigenvalue weighted by molar-refractivity contribution is 7.92. The van der Waals surface area contributed by atoms with Crippen LogP contribution in [-0.4, -0.2) is 20.5 Å². The molecule has 0 amide bonds. The first-order valence-electron chi connectivity index (χ1n) is 8.78. The first-order chi connectivity index (χ1) is 13.8. The number of aryl methyl sites for hydroxylation is 1. The van der Waals surface area contributed by atoms with Crippen molar-refractivity contribution in [3.63, 3.8) is 0 Å². The van der Waals surface area contributed by atoms with Gasteiger partial charge in [0, 0.05) is 12.1 Å². The lowest BCUT2D eigenvalue weighted by Crippen LogP contribution is -2.30. The van der Waals surface area contributed by atoms with Gasteiger partial charge in [0.15, 0.2) is 0 Å². The number of hydrogen-bond acceptors (Lipinski definition) is 5. The van der Waals surface area contributed by atoms with E-state index >= 15 is 0 Å². The molecule has 8 heteroatoms. The molecule has 0 saturated heterocycles. The first kappa shape index (κ1) is 20.3. The molecule has 29 heavy (non-hydrogen) atoms. The van der Waals surface area contributed by atoms with Crippen molar-refractivity contribution in [2.24, 2.45) is 0 Å². The lowest BCUT2D eigenvalue weighted by molar-refractivity contribution is -0.385. The Labute approximate surface area is 169 Å². The van der Waals surface area contributed by atoms with E-state index in [9.17, 15) is 18.5 Å². The van der Waals surface area contributed by atoms with E-state index in [2.05, 4.69) is 0 Å². The molecule has 0 atom stereocenters. The molecule has 0 aliphatic rings. The van der Waals surface area contributed by atoms with Gasteiger partial charge in [0.1, 0.15) is 5.75 Å². The van der Waals surface area contributed by atoms with Crippen LogP contribution in [0, 0.1) is 17.0 Å². The summed E-state index contributed by atoms with van der Waals surface area (Å²) in [6.45, 7) is 2.03. The van der Waals surface area contributed by atoms with Crippen molar-refractivity contribution >= 4 is 21.4 Å². The quantitative estimate of drug-likeness (QED) is 0.426. The number of hydrogen-bond donors (Lipinski definition) is 0. The molecule has 7 nitrogen and oxygen atoms in total. The number of rotatable bonds is 7. The Balaban J connectivity index is 2.08. The van der Waals surface area contributed by atoms with E-state index in [4.69, 9.17) is 4.74 Å². The highest BCUT2D eigenvalue weighted by Crippen LogP contribution is 2.29. The largest absolute Gasteiger partial charge is 0.497 e. The van der Waals surface area contributed by atoms with Gasteiger partial charge in [0.05, 0.1) is 29.2 Å². The van der Waals surface area contributed by atoms with Crippen molar-refractivity contribution in [3.05, 3.63) is 94.0 Å². The molecule has 0 fully saturated rings. The number of nitro groups is 1. The third kappa shape index (κ3) is 4.55. The number of methoxy groups -OCH3 is 1. The number of non-ortho nitro benzene ring substituents is 1. The molecule has 0 aliphatic carbocycles. The predicted octanol–water partition coefficient (Wildman–Crippen LogP) is 4.31. The lowest BCUT2D eigenvalue weighted by Gasteiger charge is -2.25. The fraction of sp³-hybridized carbons (Fsp3) is 0.143. The number of sulfonamides is 1. The van der Waals surface area contributed by atoms with E-state index in [1.807, 2.05) is 31.2 Å². The van der Waals surface area contributed by atoms with Crippen LogP contribution in [0.5, 0.6) is 5.75 Å². The zero-order chi connectivity index (χ0) is 21.0. The minimum Gasteiger partial charge on any atom is -0.497 e. The molecule has 3 rings (SSSR count). The molecular formula is C21H20N2O5S. The molecule has 0 aromatic heterocycles. The zero-order valence-electron chi connectivity index (χ0n) is 16.0. The van der Waals surface area contributed by atoms with Crippen LogP contribution in [0.3, 0.4) is 0 Å². The smallest absolute Gasteiger partial charge is 0.270 e. The van der Waals surface area contributed by atoms with Gasteiger partial charge in [-0.25, -0.2) is 8.42 Å². The third-order valence-corrected chi connectivity index (χ3v) is 6.19. The molecule has 0 saturated carbocycles. The molecule has 3 aromatic carbocycles. The summed E-state index contributed by atoms with van der Waals surface area (Å²) >= 11 is 0. The van der Waals surface area contributed by atoms with Crippen LogP contribution in [0.1, 0.15) is 11.1 Å². The molecule has 150 valence electrons. The summed E-state index contributed by atoms with van der Waals surface area (Å²) in [5.74, 6) is 0.594. The number of ether oxygens (including phenoxy) is 1. The second kappa shape index (κ2) is 8.32. The Morgan fingerprint density at radius 1 is 1.00 bits per heavy atom. The zero-order valence-corrected chi connectivity index (χ0v) is 16.8. The molecule has 0 unspecified atom stereocenters. The first-order valence-corrected chi connectivity index (χ1v) is 10.2. The minimum absolute atomic E-state index is 0.0810. The lowest BCUT2D eigenvalue weighted by atomic mass is 10.1. The Morgan fingerprint density at radius 3 is 2.24 bits per heavy atom. The van der Waals surface area contributed by atoms with Gasteiger partial charge in [0.25, 0.3) is 15.7 Å². The molecule has 0 aliphatic heterocycles. The second-order valence-corrected chi connectivity index (χ2v) is 8.31. The van der Waals surface area contributed by atoms with E-state index < -0.39 is 14.9 Å². The summed E-state index contributed by atoms with van der Waals surface area (Å²) in [4.78, 5) is 10.3. The van der Waals surface area contributed by atoms with E-state index in [-0.39, 0.29) is 17.1 Å². The van der Waals surface area contributed by atoms with Crippen LogP contribution in [0.2, 0.25) is 0 Å². The van der Waals surface area contributed by atoms with Crippen LogP contribution < -0.4 is 9.04 Å². The monoisotopic (exact) mass is 412 g/mol. The molecule has 0 N–H and O–H groups in total. The highest BCUT2D eigenvalue weighted by Gasteiger charge is 2.27. The Kier molecular flexibility index (Phi) is 5.84. The maximum absolute atomic E-state index is 13.4. The average Bonchev–Trinajstić information content (AvgIpc) is 2.73. The maximum Gasteiger partial charge on any atom is 0.270 e. The number of anilines is 1. The topological polar surface area (TPSA) is 89.8 Å². The molecule has 0 spiro atoms. The fourth-order valence-electron chi connectivity index (χ4n) is 2.81. The van der Waals surface area contributed by atoms with Gasteiger partial charge in [-0.05, 0) is 42.8 Å². The number of benzene rings is 3. The number of nitro benzene ring substituents is 1. The van der Waals surface area contributed by atoms with Crippen LogP contribution in [0.15, 0.2) is 77.7 Å². The summed E-state index contributed by atoms with van der Waals surface area (Å²) in [5.41, 5.74) is 2.00. The van der Waals surface area contributed by atoms with Gasteiger partial charge in [-0.2, -0.15) is 0 Å². The SMILES string of the molecule is COc1ccc(N(Cc2ccc(C)cc2)S(=O)(=O)c2cccc([N+](=O)[O-])c2)cc1. The molecule has 0 radical (unpaired) electrons. The van der Waals surface area contributed by atoms with E-state index in [0.29, 0.717) is 11.4 Å². The van der Waals surface area contributed by atoms with Gasteiger partial charge in [-0.3, -0.25) is 14.4 Å². The molecule has 0 heterocycles. The normalized spacial score (nSPS) is 11.1. The summed E-state index contributed by atoms with van der Waals surface area (Å²) in [7, 11) is -2.52. The van der Waals surface area contributed by atoms with Crippen LogP contribution in [0.4, 0.5) is 11.4 Å². The fourth-order valence-corrected chi connectivity index (χ4v) is 4.30. The highest BCUT2D eigenvalue weighted by atomic mass is 32.2. The summed E-state index contributed by atoms with van der Waals surface area (Å²) in [6, 6.07) is 19.2. The maximum atomic E-state index is 13.4. The third-order valence-electron chi connectivity index (χ3n) is 4.42. The minimum atomic E-state index is -4.05. The second-order valence-electron chi connectivity index (χ2n) is 6.45.